The molecule has 1 atom stereocenters. The van der Waals surface area contributed by atoms with Crippen molar-refractivity contribution in [2.75, 3.05) is 37.0 Å². The van der Waals surface area contributed by atoms with E-state index in [1.165, 1.54) is 7.11 Å². The lowest BCUT2D eigenvalue weighted by atomic mass is 9.94. The number of esters is 1. The molecular formula is C21H27N3O4. The Morgan fingerprint density at radius 3 is 2.61 bits per heavy atom. The fourth-order valence-corrected chi connectivity index (χ4v) is 3.65. The van der Waals surface area contributed by atoms with Crippen LogP contribution in [-0.2, 0) is 14.3 Å². The molecule has 1 unspecified atom stereocenters. The lowest BCUT2D eigenvalue weighted by Crippen LogP contribution is -2.38. The lowest BCUT2D eigenvalue weighted by Gasteiger charge is -2.22. The number of allylic oxidation sites excluding steroid dienone is 2. The number of anilines is 2. The van der Waals surface area contributed by atoms with Gasteiger partial charge in [-0.05, 0) is 56.2 Å². The Morgan fingerprint density at radius 2 is 1.93 bits per heavy atom. The molecule has 2 amide bonds. The van der Waals surface area contributed by atoms with Crippen LogP contribution in [0.25, 0.3) is 0 Å². The van der Waals surface area contributed by atoms with Crippen molar-refractivity contribution in [2.45, 2.75) is 32.1 Å². The number of benzene rings is 1. The van der Waals surface area contributed by atoms with Gasteiger partial charge in [0.2, 0.25) is 0 Å². The van der Waals surface area contributed by atoms with Gasteiger partial charge < -0.3 is 20.3 Å². The summed E-state index contributed by atoms with van der Waals surface area (Å²) < 4.78 is 4.76. The summed E-state index contributed by atoms with van der Waals surface area (Å²) in [6.45, 7) is 2.24. The van der Waals surface area contributed by atoms with Crippen LogP contribution in [0.3, 0.4) is 0 Å². The predicted molar refractivity (Wildman–Crippen MR) is 107 cm³/mol. The monoisotopic (exact) mass is 385 g/mol. The van der Waals surface area contributed by atoms with Gasteiger partial charge in [0.15, 0.2) is 0 Å². The van der Waals surface area contributed by atoms with Crippen LogP contribution in [-0.4, -0.2) is 44.5 Å². The van der Waals surface area contributed by atoms with Gasteiger partial charge in [0, 0.05) is 19.6 Å². The molecule has 1 heterocycles. The SMILES string of the molecule is COC(=O)c1ccc(N2CCCC2)c(NC(=O)C(=O)NCC2CC=CCC2)c1. The Balaban J connectivity index is 1.69. The molecule has 7 heteroatoms. The van der Waals surface area contributed by atoms with Crippen LogP contribution < -0.4 is 15.5 Å². The van der Waals surface area contributed by atoms with Crippen LogP contribution in [0, 0.1) is 5.92 Å². The summed E-state index contributed by atoms with van der Waals surface area (Å²) in [7, 11) is 1.31. The Hall–Kier alpha value is -2.83. The number of hydrogen-bond donors (Lipinski definition) is 2. The van der Waals surface area contributed by atoms with E-state index in [1.807, 2.05) is 0 Å². The van der Waals surface area contributed by atoms with Crippen molar-refractivity contribution in [1.29, 1.82) is 0 Å². The average Bonchev–Trinajstić information content (AvgIpc) is 3.26. The number of carbonyl (C=O) groups is 3. The van der Waals surface area contributed by atoms with E-state index < -0.39 is 17.8 Å². The minimum atomic E-state index is -0.728. The summed E-state index contributed by atoms with van der Waals surface area (Å²) >= 11 is 0. The van der Waals surface area contributed by atoms with Gasteiger partial charge >= 0.3 is 17.8 Å². The molecule has 2 N–H and O–H groups in total. The zero-order valence-corrected chi connectivity index (χ0v) is 16.2. The van der Waals surface area contributed by atoms with Gasteiger partial charge in [-0.15, -0.1) is 0 Å². The number of ether oxygens (including phenoxy) is 1. The van der Waals surface area contributed by atoms with Gasteiger partial charge in [0.05, 0.1) is 24.0 Å². The van der Waals surface area contributed by atoms with Crippen molar-refractivity contribution in [1.82, 2.24) is 5.32 Å². The van der Waals surface area contributed by atoms with E-state index in [-0.39, 0.29) is 0 Å². The molecule has 1 aliphatic heterocycles. The van der Waals surface area contributed by atoms with Crippen LogP contribution in [0.4, 0.5) is 11.4 Å². The van der Waals surface area contributed by atoms with Crippen molar-refractivity contribution in [2.24, 2.45) is 5.92 Å². The minimum Gasteiger partial charge on any atom is -0.465 e. The zero-order chi connectivity index (χ0) is 19.9. The molecule has 150 valence electrons. The number of amides is 2. The molecule has 0 bridgehead atoms. The van der Waals surface area contributed by atoms with Crippen LogP contribution in [0.2, 0.25) is 0 Å². The Labute approximate surface area is 165 Å². The van der Waals surface area contributed by atoms with E-state index in [0.717, 1.165) is 50.9 Å². The second-order valence-corrected chi connectivity index (χ2v) is 7.23. The Bertz CT molecular complexity index is 769. The van der Waals surface area contributed by atoms with Crippen LogP contribution in [0.5, 0.6) is 0 Å². The van der Waals surface area contributed by atoms with Gasteiger partial charge in [0.25, 0.3) is 0 Å². The first kappa shape index (κ1) is 19.9. The maximum atomic E-state index is 12.4. The molecule has 0 aromatic heterocycles. The topological polar surface area (TPSA) is 87.7 Å². The second kappa shape index (κ2) is 9.39. The number of nitrogens with zero attached hydrogens (tertiary/aromatic N) is 1. The van der Waals surface area contributed by atoms with Gasteiger partial charge in [-0.25, -0.2) is 4.79 Å². The van der Waals surface area contributed by atoms with Crippen LogP contribution >= 0.6 is 0 Å². The summed E-state index contributed by atoms with van der Waals surface area (Å²) in [5.74, 6) is -1.51. The Kier molecular flexibility index (Phi) is 6.68. The van der Waals surface area contributed by atoms with Crippen molar-refractivity contribution in [3.8, 4) is 0 Å². The third kappa shape index (κ3) is 4.91. The summed E-state index contributed by atoms with van der Waals surface area (Å²) in [4.78, 5) is 38.7. The van der Waals surface area contributed by atoms with Gasteiger partial charge in [-0.3, -0.25) is 9.59 Å². The maximum absolute atomic E-state index is 12.4. The van der Waals surface area contributed by atoms with Crippen molar-refractivity contribution < 1.29 is 19.1 Å². The second-order valence-electron chi connectivity index (χ2n) is 7.23. The van der Waals surface area contributed by atoms with E-state index in [0.29, 0.717) is 23.7 Å². The highest BCUT2D eigenvalue weighted by molar-refractivity contribution is 6.40. The van der Waals surface area contributed by atoms with Crippen LogP contribution in [0.15, 0.2) is 30.4 Å². The number of hydrogen-bond acceptors (Lipinski definition) is 5. The normalized spacial score (nSPS) is 18.6. The molecule has 0 radical (unpaired) electrons. The first-order valence-electron chi connectivity index (χ1n) is 9.80. The third-order valence-corrected chi connectivity index (χ3v) is 5.25. The molecule has 1 fully saturated rings. The zero-order valence-electron chi connectivity index (χ0n) is 16.2. The van der Waals surface area contributed by atoms with Gasteiger partial charge in [0.1, 0.15) is 0 Å². The first-order valence-corrected chi connectivity index (χ1v) is 9.80. The lowest BCUT2D eigenvalue weighted by molar-refractivity contribution is -0.136. The van der Waals surface area contributed by atoms with Gasteiger partial charge in [-0.1, -0.05) is 12.2 Å². The Morgan fingerprint density at radius 1 is 1.14 bits per heavy atom. The number of methoxy groups -OCH3 is 1. The smallest absolute Gasteiger partial charge is 0.337 e. The number of rotatable bonds is 5. The maximum Gasteiger partial charge on any atom is 0.337 e. The average molecular weight is 385 g/mol. The van der Waals surface area contributed by atoms with Crippen molar-refractivity contribution >= 4 is 29.2 Å². The molecule has 1 aromatic carbocycles. The molecule has 0 saturated carbocycles. The highest BCUT2D eigenvalue weighted by atomic mass is 16.5. The highest BCUT2D eigenvalue weighted by Gasteiger charge is 2.22. The fraction of sp³-hybridized carbons (Fsp3) is 0.476. The predicted octanol–water partition coefficient (Wildman–Crippen LogP) is 2.48. The number of nitrogens with one attached hydrogen (secondary N) is 2. The molecule has 1 aromatic rings. The summed E-state index contributed by atoms with van der Waals surface area (Å²) in [5, 5.41) is 5.40. The first-order chi connectivity index (χ1) is 13.6. The minimum absolute atomic E-state index is 0.329. The van der Waals surface area contributed by atoms with E-state index in [9.17, 15) is 14.4 Å². The summed E-state index contributed by atoms with van der Waals surface area (Å²) in [6, 6.07) is 5.03. The van der Waals surface area contributed by atoms with Crippen molar-refractivity contribution in [3.05, 3.63) is 35.9 Å². The molecule has 28 heavy (non-hydrogen) atoms. The van der Waals surface area contributed by atoms with E-state index in [2.05, 4.69) is 27.7 Å². The van der Waals surface area contributed by atoms with Crippen LogP contribution in [0.1, 0.15) is 42.5 Å². The highest BCUT2D eigenvalue weighted by Crippen LogP contribution is 2.30. The molecule has 7 nitrogen and oxygen atoms in total. The molecule has 1 saturated heterocycles. The van der Waals surface area contributed by atoms with E-state index >= 15 is 0 Å². The van der Waals surface area contributed by atoms with E-state index in [4.69, 9.17) is 4.74 Å². The molecule has 1 aliphatic carbocycles. The molecule has 3 rings (SSSR count). The third-order valence-electron chi connectivity index (χ3n) is 5.25. The summed E-state index contributed by atoms with van der Waals surface area (Å²) in [5.41, 5.74) is 1.59. The van der Waals surface area contributed by atoms with Gasteiger partial charge in [-0.2, -0.15) is 0 Å². The quantitative estimate of drug-likeness (QED) is 0.462. The standard InChI is InChI=1S/C21H27N3O4/c1-28-21(27)16-9-10-18(24-11-5-6-12-24)17(13-16)23-20(26)19(25)22-14-15-7-3-2-4-8-15/h2-3,9-10,13,15H,4-8,11-12,14H2,1H3,(H,22,25)(H,23,26). The largest absolute Gasteiger partial charge is 0.465 e. The fourth-order valence-electron chi connectivity index (χ4n) is 3.65. The molecule has 0 spiro atoms. The number of carbonyl (C=O) groups excluding carboxylic acids is 3. The molecule has 2 aliphatic rings. The van der Waals surface area contributed by atoms with E-state index in [1.54, 1.807) is 18.2 Å². The molecular weight excluding hydrogens is 358 g/mol. The summed E-state index contributed by atoms with van der Waals surface area (Å²) in [6.07, 6.45) is 9.33. The van der Waals surface area contributed by atoms with Crippen molar-refractivity contribution in [3.63, 3.8) is 0 Å².